The molecule has 0 N–H and O–H groups in total. The van der Waals surface area contributed by atoms with Crippen LogP contribution in [0.3, 0.4) is 0 Å². The average Bonchev–Trinajstić information content (AvgIpc) is 2.51. The molecule has 0 unspecified atom stereocenters. The molecule has 2 aliphatic carbocycles. The van der Waals surface area contributed by atoms with E-state index in [4.69, 9.17) is 4.74 Å². The molecular weight excluding hydrogens is 276 g/mol. The molecule has 0 radical (unpaired) electrons. The van der Waals surface area contributed by atoms with Crippen LogP contribution in [0, 0.1) is 11.8 Å². The summed E-state index contributed by atoms with van der Waals surface area (Å²) in [6.07, 6.45) is 8.05. The minimum Gasteiger partial charge on any atom is -0.378 e. The van der Waals surface area contributed by atoms with Crippen molar-refractivity contribution in [2.75, 3.05) is 7.11 Å². The maximum absolute atomic E-state index is 5.99. The second-order valence-corrected chi connectivity index (χ2v) is 8.41. The third kappa shape index (κ3) is 2.55. The number of methoxy groups -OCH3 is 1. The first-order valence-corrected chi connectivity index (χ1v) is 9.25. The van der Waals surface area contributed by atoms with Gasteiger partial charge in [-0.2, -0.15) is 0 Å². The molecule has 1 aromatic rings. The molecule has 4 atom stereocenters. The maximum Gasteiger partial charge on any atom is 0.0689 e. The van der Waals surface area contributed by atoms with Crippen molar-refractivity contribution in [3.8, 4) is 0 Å². The number of hydrogen-bond acceptors (Lipinski definition) is 2. The number of thioether (sulfide) groups is 1. The molecule has 2 aliphatic rings. The highest BCUT2D eigenvalue weighted by Gasteiger charge is 2.61. The molecule has 0 amide bonds. The van der Waals surface area contributed by atoms with Crippen LogP contribution >= 0.6 is 11.8 Å². The Hall–Kier alpha value is -0.470. The van der Waals surface area contributed by atoms with E-state index in [1.165, 1.54) is 37.0 Å². The van der Waals surface area contributed by atoms with Crippen molar-refractivity contribution in [3.05, 3.63) is 30.3 Å². The number of benzene rings is 1. The second-order valence-electron chi connectivity index (χ2n) is 6.97. The molecule has 2 saturated carbocycles. The van der Waals surface area contributed by atoms with Gasteiger partial charge in [0, 0.05) is 22.7 Å². The van der Waals surface area contributed by atoms with Gasteiger partial charge in [-0.15, -0.1) is 11.8 Å². The van der Waals surface area contributed by atoms with Gasteiger partial charge in [0.2, 0.25) is 0 Å². The van der Waals surface area contributed by atoms with Crippen LogP contribution in [0.2, 0.25) is 0 Å². The smallest absolute Gasteiger partial charge is 0.0689 e. The molecule has 21 heavy (non-hydrogen) atoms. The molecular formula is C19H28OS. The van der Waals surface area contributed by atoms with Gasteiger partial charge in [0.1, 0.15) is 0 Å². The Balaban J connectivity index is 1.89. The highest BCUT2D eigenvalue weighted by molar-refractivity contribution is 8.00. The van der Waals surface area contributed by atoms with E-state index in [1.54, 1.807) is 0 Å². The Morgan fingerprint density at radius 1 is 1.29 bits per heavy atom. The summed E-state index contributed by atoms with van der Waals surface area (Å²) in [7, 11) is 1.90. The SMILES string of the molecule is CC[C@](C)(OC)[C@H]1C[C@H]2CCCC[C@]21Sc1ccccc1. The minimum absolute atomic E-state index is 0.0373. The fourth-order valence-electron chi connectivity index (χ4n) is 4.55. The molecule has 0 bridgehead atoms. The van der Waals surface area contributed by atoms with Gasteiger partial charge in [-0.05, 0) is 50.7 Å². The summed E-state index contributed by atoms with van der Waals surface area (Å²) < 4.78 is 6.41. The van der Waals surface area contributed by atoms with Gasteiger partial charge in [-0.25, -0.2) is 0 Å². The lowest BCUT2D eigenvalue weighted by Gasteiger charge is -2.63. The predicted octanol–water partition coefficient (Wildman–Crippen LogP) is 5.54. The van der Waals surface area contributed by atoms with Crippen molar-refractivity contribution in [3.63, 3.8) is 0 Å². The standard InChI is InChI=1S/C19H28OS/c1-4-18(2,20-3)17-14-15-10-8-9-13-19(15,17)21-16-11-6-5-7-12-16/h5-7,11-12,15,17H,4,8-10,13-14H2,1-3H3/t15-,17-,18+,19+/m1/s1. The second kappa shape index (κ2) is 5.96. The summed E-state index contributed by atoms with van der Waals surface area (Å²) >= 11 is 2.15. The van der Waals surface area contributed by atoms with Crippen LogP contribution in [0.1, 0.15) is 52.4 Å². The highest BCUT2D eigenvalue weighted by atomic mass is 32.2. The van der Waals surface area contributed by atoms with Crippen molar-refractivity contribution in [2.24, 2.45) is 11.8 Å². The summed E-state index contributed by atoms with van der Waals surface area (Å²) in [6, 6.07) is 11.0. The molecule has 2 fully saturated rings. The van der Waals surface area contributed by atoms with E-state index < -0.39 is 0 Å². The Labute approximate surface area is 133 Å². The van der Waals surface area contributed by atoms with Gasteiger partial charge in [0.15, 0.2) is 0 Å². The highest BCUT2D eigenvalue weighted by Crippen LogP contribution is 2.65. The largest absolute Gasteiger partial charge is 0.378 e. The van der Waals surface area contributed by atoms with Crippen molar-refractivity contribution in [1.29, 1.82) is 0 Å². The number of hydrogen-bond donors (Lipinski definition) is 0. The average molecular weight is 304 g/mol. The van der Waals surface area contributed by atoms with Crippen LogP contribution < -0.4 is 0 Å². The van der Waals surface area contributed by atoms with Gasteiger partial charge in [-0.1, -0.05) is 38.0 Å². The lowest BCUT2D eigenvalue weighted by atomic mass is 9.53. The fourth-order valence-corrected chi connectivity index (χ4v) is 6.40. The summed E-state index contributed by atoms with van der Waals surface area (Å²) in [5.41, 5.74) is 0.0373. The van der Waals surface area contributed by atoms with Crippen LogP contribution in [0.5, 0.6) is 0 Å². The molecule has 0 heterocycles. The van der Waals surface area contributed by atoms with Gasteiger partial charge in [0.05, 0.1) is 5.60 Å². The van der Waals surface area contributed by atoms with E-state index in [-0.39, 0.29) is 5.60 Å². The summed E-state index contributed by atoms with van der Waals surface area (Å²) in [5, 5.41) is 0. The molecule has 116 valence electrons. The number of fused-ring (bicyclic) bond motifs is 1. The zero-order chi connectivity index (χ0) is 14.9. The zero-order valence-corrected chi connectivity index (χ0v) is 14.4. The van der Waals surface area contributed by atoms with Crippen LogP contribution in [0.4, 0.5) is 0 Å². The molecule has 1 aromatic carbocycles. The fraction of sp³-hybridized carbons (Fsp3) is 0.684. The molecule has 0 spiro atoms. The van der Waals surface area contributed by atoms with E-state index >= 15 is 0 Å². The minimum atomic E-state index is 0.0373. The van der Waals surface area contributed by atoms with Crippen LogP contribution in [-0.2, 0) is 4.74 Å². The summed E-state index contributed by atoms with van der Waals surface area (Å²) in [4.78, 5) is 1.43. The third-order valence-corrected chi connectivity index (χ3v) is 7.84. The Morgan fingerprint density at radius 3 is 2.67 bits per heavy atom. The topological polar surface area (TPSA) is 9.23 Å². The van der Waals surface area contributed by atoms with Crippen molar-refractivity contribution < 1.29 is 4.74 Å². The maximum atomic E-state index is 5.99. The Bertz CT molecular complexity index is 468. The first kappa shape index (κ1) is 15.4. The molecule has 0 aromatic heterocycles. The quantitative estimate of drug-likeness (QED) is 0.706. The van der Waals surface area contributed by atoms with E-state index in [2.05, 4.69) is 55.9 Å². The van der Waals surface area contributed by atoms with E-state index in [0.717, 1.165) is 12.3 Å². The lowest BCUT2D eigenvalue weighted by molar-refractivity contribution is -0.121. The predicted molar refractivity (Wildman–Crippen MR) is 90.8 cm³/mol. The Morgan fingerprint density at radius 2 is 2.05 bits per heavy atom. The van der Waals surface area contributed by atoms with E-state index in [1.807, 2.05) is 7.11 Å². The molecule has 0 aliphatic heterocycles. The normalized spacial score (nSPS) is 34.6. The van der Waals surface area contributed by atoms with Crippen LogP contribution in [0.25, 0.3) is 0 Å². The molecule has 2 heteroatoms. The van der Waals surface area contributed by atoms with Gasteiger partial charge in [-0.3, -0.25) is 0 Å². The van der Waals surface area contributed by atoms with E-state index in [9.17, 15) is 0 Å². The van der Waals surface area contributed by atoms with E-state index in [0.29, 0.717) is 10.7 Å². The zero-order valence-electron chi connectivity index (χ0n) is 13.6. The van der Waals surface area contributed by atoms with Crippen molar-refractivity contribution in [2.45, 2.75) is 67.6 Å². The van der Waals surface area contributed by atoms with Gasteiger partial charge >= 0.3 is 0 Å². The lowest BCUT2D eigenvalue weighted by Crippen LogP contribution is -2.63. The third-order valence-electron chi connectivity index (χ3n) is 6.13. The Kier molecular flexibility index (Phi) is 4.38. The molecule has 1 nitrogen and oxygen atoms in total. The van der Waals surface area contributed by atoms with Crippen molar-refractivity contribution >= 4 is 11.8 Å². The first-order chi connectivity index (χ1) is 10.1. The number of rotatable bonds is 5. The summed E-state index contributed by atoms with van der Waals surface area (Å²) in [6.45, 7) is 4.61. The molecule has 0 saturated heterocycles. The van der Waals surface area contributed by atoms with Gasteiger partial charge < -0.3 is 4.74 Å². The van der Waals surface area contributed by atoms with Crippen LogP contribution in [-0.4, -0.2) is 17.5 Å². The monoisotopic (exact) mass is 304 g/mol. The number of ether oxygens (including phenoxy) is 1. The van der Waals surface area contributed by atoms with Gasteiger partial charge in [0.25, 0.3) is 0 Å². The van der Waals surface area contributed by atoms with Crippen molar-refractivity contribution in [1.82, 2.24) is 0 Å². The summed E-state index contributed by atoms with van der Waals surface area (Å²) in [5.74, 6) is 1.58. The van der Waals surface area contributed by atoms with Crippen LogP contribution in [0.15, 0.2) is 35.2 Å². The molecule has 3 rings (SSSR count). The first-order valence-electron chi connectivity index (χ1n) is 8.44.